The average molecular weight is 468 g/mol. The van der Waals surface area contributed by atoms with Crippen LogP contribution in [0.2, 0.25) is 0 Å². The standard InChI is InChI=1S/C23H25N7O2.ClH/c24-21-20(23(32)28-18-4-3-9-25-14-18)29-19(15-27-21)16-5-7-17(8-6-16)22(31)26-10-13-30-11-1-2-12-30;/h3-9,14-15H,1-2,10-13H2,(H2,24,27)(H,26,31)(H,28,32);1H. The topological polar surface area (TPSA) is 126 Å². The minimum atomic E-state index is -0.473. The summed E-state index contributed by atoms with van der Waals surface area (Å²) in [5.74, 6) is -0.557. The zero-order valence-electron chi connectivity index (χ0n) is 18.0. The molecule has 2 aromatic heterocycles. The summed E-state index contributed by atoms with van der Waals surface area (Å²) in [5, 5.41) is 5.66. The minimum Gasteiger partial charge on any atom is -0.382 e. The van der Waals surface area contributed by atoms with Crippen LogP contribution in [0, 0.1) is 0 Å². The molecule has 9 nitrogen and oxygen atoms in total. The lowest BCUT2D eigenvalue weighted by atomic mass is 10.1. The Bertz CT molecular complexity index is 1090. The number of hydrogen-bond acceptors (Lipinski definition) is 7. The summed E-state index contributed by atoms with van der Waals surface area (Å²) in [6.45, 7) is 3.71. The molecule has 33 heavy (non-hydrogen) atoms. The quantitative estimate of drug-likeness (QED) is 0.487. The van der Waals surface area contributed by atoms with E-state index in [1.54, 1.807) is 42.6 Å². The second kappa shape index (κ2) is 11.3. The lowest BCUT2D eigenvalue weighted by molar-refractivity contribution is 0.0949. The van der Waals surface area contributed by atoms with E-state index in [1.165, 1.54) is 25.2 Å². The Labute approximate surface area is 198 Å². The highest BCUT2D eigenvalue weighted by atomic mass is 35.5. The molecular weight excluding hydrogens is 442 g/mol. The van der Waals surface area contributed by atoms with Gasteiger partial charge in [-0.1, -0.05) is 12.1 Å². The van der Waals surface area contributed by atoms with Crippen LogP contribution < -0.4 is 16.4 Å². The van der Waals surface area contributed by atoms with Gasteiger partial charge >= 0.3 is 0 Å². The first kappa shape index (κ1) is 24.1. The van der Waals surface area contributed by atoms with E-state index in [0.717, 1.165) is 25.2 Å². The van der Waals surface area contributed by atoms with Crippen LogP contribution in [0.4, 0.5) is 11.5 Å². The fourth-order valence-electron chi connectivity index (χ4n) is 3.56. The molecule has 0 unspecified atom stereocenters. The number of pyridine rings is 1. The van der Waals surface area contributed by atoms with Crippen molar-refractivity contribution >= 4 is 35.7 Å². The van der Waals surface area contributed by atoms with E-state index < -0.39 is 5.91 Å². The molecule has 172 valence electrons. The van der Waals surface area contributed by atoms with Gasteiger partial charge in [-0.3, -0.25) is 14.6 Å². The summed E-state index contributed by atoms with van der Waals surface area (Å²) in [5.41, 5.74) is 8.20. The average Bonchev–Trinajstić information content (AvgIpc) is 3.33. The number of benzene rings is 1. The van der Waals surface area contributed by atoms with E-state index in [0.29, 0.717) is 23.5 Å². The summed E-state index contributed by atoms with van der Waals surface area (Å²) < 4.78 is 0. The van der Waals surface area contributed by atoms with E-state index in [4.69, 9.17) is 5.73 Å². The number of rotatable bonds is 7. The van der Waals surface area contributed by atoms with Gasteiger partial charge in [-0.2, -0.15) is 0 Å². The fraction of sp³-hybridized carbons (Fsp3) is 0.261. The summed E-state index contributed by atoms with van der Waals surface area (Å²) in [6.07, 6.45) is 7.11. The van der Waals surface area contributed by atoms with E-state index in [-0.39, 0.29) is 29.8 Å². The monoisotopic (exact) mass is 467 g/mol. The Morgan fingerprint density at radius 2 is 1.79 bits per heavy atom. The first-order valence-electron chi connectivity index (χ1n) is 10.5. The van der Waals surface area contributed by atoms with Crippen LogP contribution in [0.3, 0.4) is 0 Å². The van der Waals surface area contributed by atoms with Crippen LogP contribution >= 0.6 is 12.4 Å². The Balaban J connectivity index is 0.00000306. The number of nitrogens with one attached hydrogen (secondary N) is 2. The van der Waals surface area contributed by atoms with Crippen LogP contribution in [0.25, 0.3) is 11.3 Å². The van der Waals surface area contributed by atoms with Gasteiger partial charge < -0.3 is 21.3 Å². The van der Waals surface area contributed by atoms with Gasteiger partial charge in [-0.15, -0.1) is 12.4 Å². The van der Waals surface area contributed by atoms with Crippen molar-refractivity contribution in [2.24, 2.45) is 0 Å². The molecule has 1 saturated heterocycles. The predicted molar refractivity (Wildman–Crippen MR) is 129 cm³/mol. The van der Waals surface area contributed by atoms with Crippen molar-refractivity contribution in [3.63, 3.8) is 0 Å². The molecular formula is C23H26ClN7O2. The third-order valence-electron chi connectivity index (χ3n) is 5.29. The van der Waals surface area contributed by atoms with Crippen molar-refractivity contribution in [1.82, 2.24) is 25.2 Å². The maximum absolute atomic E-state index is 12.6. The molecule has 3 heterocycles. The molecule has 0 atom stereocenters. The number of anilines is 2. The molecule has 4 N–H and O–H groups in total. The first-order valence-corrected chi connectivity index (χ1v) is 10.5. The van der Waals surface area contributed by atoms with Crippen molar-refractivity contribution < 1.29 is 9.59 Å². The fourth-order valence-corrected chi connectivity index (χ4v) is 3.56. The lowest BCUT2D eigenvalue weighted by Crippen LogP contribution is -2.33. The van der Waals surface area contributed by atoms with Crippen molar-refractivity contribution in [2.45, 2.75) is 12.8 Å². The van der Waals surface area contributed by atoms with Gasteiger partial charge in [0.1, 0.15) is 0 Å². The molecule has 0 aliphatic carbocycles. The van der Waals surface area contributed by atoms with Crippen LogP contribution in [0.15, 0.2) is 55.0 Å². The minimum absolute atomic E-state index is 0. The summed E-state index contributed by atoms with van der Waals surface area (Å²) in [7, 11) is 0. The zero-order chi connectivity index (χ0) is 22.3. The number of hydrogen-bond donors (Lipinski definition) is 3. The van der Waals surface area contributed by atoms with Gasteiger partial charge in [0.2, 0.25) is 0 Å². The number of halogens is 1. The molecule has 1 aromatic carbocycles. The molecule has 2 amide bonds. The highest BCUT2D eigenvalue weighted by molar-refractivity contribution is 6.05. The third-order valence-corrected chi connectivity index (χ3v) is 5.29. The smallest absolute Gasteiger partial charge is 0.278 e. The Morgan fingerprint density at radius 3 is 2.48 bits per heavy atom. The Kier molecular flexibility index (Phi) is 8.28. The number of aromatic nitrogens is 3. The lowest BCUT2D eigenvalue weighted by Gasteiger charge is -2.14. The Morgan fingerprint density at radius 1 is 1.03 bits per heavy atom. The van der Waals surface area contributed by atoms with E-state index >= 15 is 0 Å². The van der Waals surface area contributed by atoms with Crippen LogP contribution in [0.1, 0.15) is 33.7 Å². The van der Waals surface area contributed by atoms with Crippen molar-refractivity contribution in [1.29, 1.82) is 0 Å². The molecule has 0 spiro atoms. The predicted octanol–water partition coefficient (Wildman–Crippen LogP) is 2.62. The number of carbonyl (C=O) groups excluding carboxylic acids is 2. The number of carbonyl (C=O) groups is 2. The van der Waals surface area contributed by atoms with Crippen LogP contribution in [-0.2, 0) is 0 Å². The second-order valence-corrected chi connectivity index (χ2v) is 7.57. The highest BCUT2D eigenvalue weighted by Gasteiger charge is 2.16. The number of nitrogen functional groups attached to an aromatic ring is 1. The Hall–Kier alpha value is -3.56. The molecule has 0 saturated carbocycles. The normalized spacial score (nSPS) is 13.2. The highest BCUT2D eigenvalue weighted by Crippen LogP contribution is 2.20. The number of nitrogens with zero attached hydrogens (tertiary/aromatic N) is 4. The van der Waals surface area contributed by atoms with E-state index in [9.17, 15) is 9.59 Å². The van der Waals surface area contributed by atoms with Crippen LogP contribution in [-0.4, -0.2) is 57.8 Å². The van der Waals surface area contributed by atoms with E-state index in [2.05, 4.69) is 30.5 Å². The van der Waals surface area contributed by atoms with Gasteiger partial charge in [0.05, 0.1) is 23.8 Å². The third kappa shape index (κ3) is 6.24. The summed E-state index contributed by atoms with van der Waals surface area (Å²) >= 11 is 0. The molecule has 4 rings (SSSR count). The molecule has 3 aromatic rings. The molecule has 1 fully saturated rings. The van der Waals surface area contributed by atoms with E-state index in [1.807, 2.05) is 0 Å². The van der Waals surface area contributed by atoms with Crippen molar-refractivity contribution in [3.05, 3.63) is 66.2 Å². The molecule has 0 radical (unpaired) electrons. The first-order chi connectivity index (χ1) is 15.6. The number of likely N-dealkylation sites (tertiary alicyclic amines) is 1. The summed E-state index contributed by atoms with van der Waals surface area (Å²) in [6, 6.07) is 10.4. The van der Waals surface area contributed by atoms with Crippen molar-refractivity contribution in [3.8, 4) is 11.3 Å². The largest absolute Gasteiger partial charge is 0.382 e. The van der Waals surface area contributed by atoms with Gasteiger partial charge in [-0.05, 0) is 50.2 Å². The molecule has 0 bridgehead atoms. The number of nitrogens with two attached hydrogens (primary N) is 1. The second-order valence-electron chi connectivity index (χ2n) is 7.57. The molecule has 1 aliphatic heterocycles. The SMILES string of the molecule is Cl.Nc1ncc(-c2ccc(C(=O)NCCN3CCCC3)cc2)nc1C(=O)Nc1cccnc1. The summed E-state index contributed by atoms with van der Waals surface area (Å²) in [4.78, 5) is 39.8. The maximum atomic E-state index is 12.6. The zero-order valence-corrected chi connectivity index (χ0v) is 18.8. The van der Waals surface area contributed by atoms with Crippen molar-refractivity contribution in [2.75, 3.05) is 37.2 Å². The van der Waals surface area contributed by atoms with Gasteiger partial charge in [0.25, 0.3) is 11.8 Å². The molecule has 1 aliphatic rings. The van der Waals surface area contributed by atoms with Gasteiger partial charge in [0.15, 0.2) is 11.5 Å². The van der Waals surface area contributed by atoms with Crippen LogP contribution in [0.5, 0.6) is 0 Å². The van der Waals surface area contributed by atoms with Gasteiger partial charge in [0, 0.05) is 30.4 Å². The number of amides is 2. The van der Waals surface area contributed by atoms with Gasteiger partial charge in [-0.25, -0.2) is 9.97 Å². The maximum Gasteiger partial charge on any atom is 0.278 e. The molecule has 10 heteroatoms.